The summed E-state index contributed by atoms with van der Waals surface area (Å²) in [6.45, 7) is 6.12. The van der Waals surface area contributed by atoms with Crippen molar-refractivity contribution in [2.24, 2.45) is 12.0 Å². The Morgan fingerprint density at radius 1 is 1.06 bits per heavy atom. The van der Waals surface area contributed by atoms with E-state index < -0.39 is 0 Å². The van der Waals surface area contributed by atoms with Crippen LogP contribution in [0.15, 0.2) is 41.5 Å². The number of hydrogen-bond donors (Lipinski definition) is 0. The molecule has 0 unspecified atom stereocenters. The molecule has 5 rings (SSSR count). The van der Waals surface area contributed by atoms with Gasteiger partial charge in [-0.25, -0.2) is 0 Å². The van der Waals surface area contributed by atoms with E-state index in [1.165, 1.54) is 0 Å². The van der Waals surface area contributed by atoms with Crippen LogP contribution >= 0.6 is 22.9 Å². The SMILES string of the molecule is Cc1c(C#Cc2ccnn2C)sc2c1C(c1ccc(Cl)cc1)=N[C@@H](C)c1nnc(C)n1-2. The first-order valence-electron chi connectivity index (χ1n) is 9.84. The summed E-state index contributed by atoms with van der Waals surface area (Å²) in [4.78, 5) is 6.05. The Hall–Kier alpha value is -3.21. The number of aromatic nitrogens is 5. The van der Waals surface area contributed by atoms with Crippen LogP contribution in [0.5, 0.6) is 0 Å². The number of nitrogens with zero attached hydrogens (tertiary/aromatic N) is 6. The highest BCUT2D eigenvalue weighted by molar-refractivity contribution is 7.15. The molecule has 8 heteroatoms. The maximum absolute atomic E-state index is 6.14. The number of benzene rings is 1. The molecule has 0 amide bonds. The molecule has 4 aromatic rings. The van der Waals surface area contributed by atoms with Crippen LogP contribution in [-0.4, -0.2) is 30.3 Å². The number of fused-ring (bicyclic) bond motifs is 3. The first kappa shape index (κ1) is 19.7. The fourth-order valence-corrected chi connectivity index (χ4v) is 5.06. The molecule has 6 nitrogen and oxygen atoms in total. The van der Waals surface area contributed by atoms with E-state index in [-0.39, 0.29) is 6.04 Å². The van der Waals surface area contributed by atoms with Crippen LogP contribution in [0.4, 0.5) is 0 Å². The lowest BCUT2D eigenvalue weighted by Crippen LogP contribution is -2.07. The summed E-state index contributed by atoms with van der Waals surface area (Å²) in [5.74, 6) is 8.25. The van der Waals surface area contributed by atoms with Gasteiger partial charge in [0.25, 0.3) is 0 Å². The van der Waals surface area contributed by atoms with E-state index in [9.17, 15) is 0 Å². The second kappa shape index (κ2) is 7.49. The number of aliphatic imine (C=N–C) groups is 1. The predicted octanol–water partition coefficient (Wildman–Crippen LogP) is 4.64. The highest BCUT2D eigenvalue weighted by atomic mass is 35.5. The third-order valence-electron chi connectivity index (χ3n) is 5.36. The Morgan fingerprint density at radius 3 is 2.55 bits per heavy atom. The first-order valence-corrected chi connectivity index (χ1v) is 11.0. The number of thiophene rings is 1. The van der Waals surface area contributed by atoms with Gasteiger partial charge in [0.2, 0.25) is 0 Å². The summed E-state index contributed by atoms with van der Waals surface area (Å²) in [5.41, 5.74) is 4.96. The van der Waals surface area contributed by atoms with Crippen molar-refractivity contribution < 1.29 is 0 Å². The number of halogens is 1. The van der Waals surface area contributed by atoms with Crippen LogP contribution in [-0.2, 0) is 7.05 Å². The third kappa shape index (κ3) is 3.29. The maximum Gasteiger partial charge on any atom is 0.162 e. The van der Waals surface area contributed by atoms with Gasteiger partial charge in [-0.05, 0) is 56.4 Å². The Labute approximate surface area is 189 Å². The highest BCUT2D eigenvalue weighted by Gasteiger charge is 2.29. The van der Waals surface area contributed by atoms with Gasteiger partial charge >= 0.3 is 0 Å². The fourth-order valence-electron chi connectivity index (χ4n) is 3.71. The quantitative estimate of drug-likeness (QED) is 0.400. The summed E-state index contributed by atoms with van der Waals surface area (Å²) in [6.07, 6.45) is 1.75. The molecule has 0 saturated carbocycles. The van der Waals surface area contributed by atoms with E-state index in [0.29, 0.717) is 5.02 Å². The summed E-state index contributed by atoms with van der Waals surface area (Å²) in [7, 11) is 1.89. The van der Waals surface area contributed by atoms with E-state index in [4.69, 9.17) is 16.6 Å². The van der Waals surface area contributed by atoms with Crippen molar-refractivity contribution in [1.82, 2.24) is 24.5 Å². The van der Waals surface area contributed by atoms with E-state index in [1.54, 1.807) is 22.2 Å². The molecule has 0 spiro atoms. The molecule has 0 aliphatic carbocycles. The molecule has 1 aliphatic heterocycles. The Kier molecular flexibility index (Phi) is 4.77. The van der Waals surface area contributed by atoms with Crippen molar-refractivity contribution in [3.8, 4) is 16.8 Å². The van der Waals surface area contributed by atoms with Gasteiger partial charge in [-0.15, -0.1) is 21.5 Å². The molecular formula is C23H19ClN6S. The third-order valence-corrected chi connectivity index (χ3v) is 6.80. The molecule has 0 radical (unpaired) electrons. The molecule has 154 valence electrons. The molecule has 1 aromatic carbocycles. The number of rotatable bonds is 1. The minimum absolute atomic E-state index is 0.130. The Morgan fingerprint density at radius 2 is 1.84 bits per heavy atom. The monoisotopic (exact) mass is 446 g/mol. The van der Waals surface area contributed by atoms with Gasteiger partial charge in [-0.1, -0.05) is 23.7 Å². The predicted molar refractivity (Wildman–Crippen MR) is 123 cm³/mol. The van der Waals surface area contributed by atoms with E-state index >= 15 is 0 Å². The average Bonchev–Trinajstić information content (AvgIpc) is 3.40. The minimum atomic E-state index is -0.130. The van der Waals surface area contributed by atoms with Crippen molar-refractivity contribution in [2.45, 2.75) is 26.8 Å². The maximum atomic E-state index is 6.14. The zero-order valence-corrected chi connectivity index (χ0v) is 19.1. The standard InChI is InChI=1S/C23H19ClN6S/c1-13-19(10-9-18-11-12-25-29(18)4)31-23-20(13)21(16-5-7-17(24)8-6-16)26-14(2)22-28-27-15(3)30(22)23/h5-8,11-12,14H,1-4H3/t14-/m0/s1. The normalized spacial score (nSPS) is 14.9. The average molecular weight is 447 g/mol. The van der Waals surface area contributed by atoms with E-state index in [0.717, 1.165) is 49.6 Å². The Balaban J connectivity index is 1.75. The molecule has 0 fully saturated rings. The van der Waals surface area contributed by atoms with Crippen LogP contribution in [0, 0.1) is 25.7 Å². The van der Waals surface area contributed by atoms with Gasteiger partial charge in [0.15, 0.2) is 5.82 Å². The van der Waals surface area contributed by atoms with E-state index in [2.05, 4.69) is 38.6 Å². The van der Waals surface area contributed by atoms with Crippen LogP contribution < -0.4 is 0 Å². The molecule has 31 heavy (non-hydrogen) atoms. The zero-order valence-electron chi connectivity index (χ0n) is 17.5. The minimum Gasteiger partial charge on any atom is -0.273 e. The molecular weight excluding hydrogens is 428 g/mol. The van der Waals surface area contributed by atoms with Crippen molar-refractivity contribution >= 4 is 28.6 Å². The van der Waals surface area contributed by atoms with Crippen molar-refractivity contribution in [2.75, 3.05) is 0 Å². The molecule has 0 N–H and O–H groups in total. The van der Waals surface area contributed by atoms with Crippen molar-refractivity contribution in [3.05, 3.63) is 80.5 Å². The van der Waals surface area contributed by atoms with Crippen LogP contribution in [0.1, 0.15) is 51.9 Å². The van der Waals surface area contributed by atoms with Gasteiger partial charge in [-0.3, -0.25) is 14.2 Å². The lowest BCUT2D eigenvalue weighted by atomic mass is 9.99. The molecule has 0 bridgehead atoms. The largest absolute Gasteiger partial charge is 0.273 e. The molecule has 1 aliphatic rings. The van der Waals surface area contributed by atoms with E-state index in [1.807, 2.05) is 51.2 Å². The first-order chi connectivity index (χ1) is 14.9. The summed E-state index contributed by atoms with van der Waals surface area (Å²) in [6, 6.07) is 9.58. The van der Waals surface area contributed by atoms with Crippen LogP contribution in [0.25, 0.3) is 5.00 Å². The summed E-state index contributed by atoms with van der Waals surface area (Å²) < 4.78 is 3.88. The van der Waals surface area contributed by atoms with Gasteiger partial charge in [0.05, 0.1) is 16.8 Å². The fraction of sp³-hybridized carbons (Fsp3) is 0.217. The second-order valence-electron chi connectivity index (χ2n) is 7.43. The highest BCUT2D eigenvalue weighted by Crippen LogP contribution is 2.38. The van der Waals surface area contributed by atoms with Crippen molar-refractivity contribution in [1.29, 1.82) is 0 Å². The van der Waals surface area contributed by atoms with Crippen molar-refractivity contribution in [3.63, 3.8) is 0 Å². The van der Waals surface area contributed by atoms with Gasteiger partial charge < -0.3 is 0 Å². The zero-order chi connectivity index (χ0) is 21.7. The smallest absolute Gasteiger partial charge is 0.162 e. The second-order valence-corrected chi connectivity index (χ2v) is 8.86. The molecule has 4 heterocycles. The lowest BCUT2D eigenvalue weighted by Gasteiger charge is -2.09. The van der Waals surface area contributed by atoms with Gasteiger partial charge in [-0.2, -0.15) is 5.10 Å². The molecule has 1 atom stereocenters. The number of hydrogen-bond acceptors (Lipinski definition) is 5. The molecule has 0 saturated heterocycles. The van der Waals surface area contributed by atoms with Crippen LogP contribution in [0.2, 0.25) is 5.02 Å². The lowest BCUT2D eigenvalue weighted by molar-refractivity contribution is 0.724. The van der Waals surface area contributed by atoms with Gasteiger partial charge in [0.1, 0.15) is 22.6 Å². The Bertz CT molecular complexity index is 1390. The summed E-state index contributed by atoms with van der Waals surface area (Å²) >= 11 is 7.78. The number of aryl methyl sites for hydroxylation is 2. The van der Waals surface area contributed by atoms with Gasteiger partial charge in [0, 0.05) is 23.2 Å². The topological polar surface area (TPSA) is 60.9 Å². The van der Waals surface area contributed by atoms with Crippen LogP contribution in [0.3, 0.4) is 0 Å². The molecule has 3 aromatic heterocycles. The summed E-state index contributed by atoms with van der Waals surface area (Å²) in [5, 5.41) is 14.7.